The molecule has 6 nitrogen and oxygen atoms in total. The first-order valence-corrected chi connectivity index (χ1v) is 13.5. The van der Waals surface area contributed by atoms with Crippen molar-refractivity contribution in [1.82, 2.24) is 5.32 Å². The molecule has 1 aromatic carbocycles. The van der Waals surface area contributed by atoms with Gasteiger partial charge in [-0.25, -0.2) is 4.79 Å². The number of ketones is 1. The molecule has 3 heterocycles. The average Bonchev–Trinajstić information content (AvgIpc) is 3.52. The maximum absolute atomic E-state index is 13.6. The molecular weight excluding hydrogens is 470 g/mol. The summed E-state index contributed by atoms with van der Waals surface area (Å²) in [5, 5.41) is 5.45. The Morgan fingerprint density at radius 2 is 2.09 bits per heavy atom. The van der Waals surface area contributed by atoms with Crippen LogP contribution in [0.5, 0.6) is 11.5 Å². The van der Waals surface area contributed by atoms with Gasteiger partial charge in [0.2, 0.25) is 6.79 Å². The van der Waals surface area contributed by atoms with E-state index in [-0.39, 0.29) is 24.5 Å². The van der Waals surface area contributed by atoms with Gasteiger partial charge in [-0.05, 0) is 48.2 Å². The first kappa shape index (κ1) is 23.1. The van der Waals surface area contributed by atoms with Crippen LogP contribution in [0.1, 0.15) is 49.0 Å². The van der Waals surface area contributed by atoms with E-state index in [0.717, 1.165) is 34.9 Å². The second-order valence-corrected chi connectivity index (χ2v) is 10.9. The summed E-state index contributed by atoms with van der Waals surface area (Å²) in [4.78, 5) is 28.1. The molecule has 2 aliphatic heterocycles. The third-order valence-electron chi connectivity index (χ3n) is 6.39. The van der Waals surface area contributed by atoms with Gasteiger partial charge in [-0.15, -0.1) is 11.3 Å². The number of esters is 1. The van der Waals surface area contributed by atoms with E-state index in [2.05, 4.69) is 18.3 Å². The zero-order chi connectivity index (χ0) is 23.7. The molecule has 2 aromatic rings. The Bertz CT molecular complexity index is 1170. The van der Waals surface area contributed by atoms with Crippen molar-refractivity contribution < 1.29 is 23.8 Å². The van der Waals surface area contributed by atoms with Gasteiger partial charge in [-0.1, -0.05) is 19.1 Å². The number of Topliss-reactive ketones (excluding diaryl/α,β-unsaturated/α-hetero) is 1. The van der Waals surface area contributed by atoms with Gasteiger partial charge in [0.25, 0.3) is 0 Å². The van der Waals surface area contributed by atoms with E-state index in [9.17, 15) is 9.59 Å². The van der Waals surface area contributed by atoms with Gasteiger partial charge >= 0.3 is 5.97 Å². The largest absolute Gasteiger partial charge is 0.461 e. The van der Waals surface area contributed by atoms with Gasteiger partial charge in [0.1, 0.15) is 6.61 Å². The minimum absolute atomic E-state index is 0.0640. The normalized spacial score (nSPS) is 21.4. The number of hydrogen-bond acceptors (Lipinski definition) is 8. The highest BCUT2D eigenvalue weighted by Gasteiger charge is 2.42. The Kier molecular flexibility index (Phi) is 6.70. The van der Waals surface area contributed by atoms with E-state index in [1.54, 1.807) is 23.1 Å². The summed E-state index contributed by atoms with van der Waals surface area (Å²) in [5.41, 5.74) is 3.60. The van der Waals surface area contributed by atoms with E-state index >= 15 is 0 Å². The number of thioether (sulfide) groups is 1. The van der Waals surface area contributed by atoms with Crippen molar-refractivity contribution in [2.45, 2.75) is 38.5 Å². The van der Waals surface area contributed by atoms with Crippen LogP contribution in [-0.4, -0.2) is 36.7 Å². The molecule has 0 unspecified atom stereocenters. The lowest BCUT2D eigenvalue weighted by Gasteiger charge is -2.36. The molecule has 0 amide bonds. The molecule has 3 aliphatic rings. The van der Waals surface area contributed by atoms with E-state index < -0.39 is 5.92 Å². The Hall–Kier alpha value is -2.71. The minimum Gasteiger partial charge on any atom is -0.461 e. The van der Waals surface area contributed by atoms with Crippen molar-refractivity contribution >= 4 is 34.9 Å². The molecule has 0 fully saturated rings. The topological polar surface area (TPSA) is 73.9 Å². The molecule has 2 atom stereocenters. The van der Waals surface area contributed by atoms with Crippen molar-refractivity contribution in [2.24, 2.45) is 0 Å². The van der Waals surface area contributed by atoms with Crippen LogP contribution in [0.15, 0.2) is 58.3 Å². The van der Waals surface area contributed by atoms with Crippen LogP contribution in [0, 0.1) is 0 Å². The Balaban J connectivity index is 1.53. The highest BCUT2D eigenvalue weighted by molar-refractivity contribution is 7.99. The van der Waals surface area contributed by atoms with E-state index in [1.807, 2.05) is 36.6 Å². The Morgan fingerprint density at radius 1 is 1.24 bits per heavy atom. The number of hydrogen-bond donors (Lipinski definition) is 1. The summed E-state index contributed by atoms with van der Waals surface area (Å²) in [6.45, 7) is 4.47. The molecule has 0 spiro atoms. The fraction of sp³-hybridized carbons (Fsp3) is 0.385. The molecule has 1 aromatic heterocycles. The number of benzene rings is 1. The van der Waals surface area contributed by atoms with E-state index in [4.69, 9.17) is 14.2 Å². The molecule has 0 saturated heterocycles. The molecule has 5 rings (SSSR count). The summed E-state index contributed by atoms with van der Waals surface area (Å²) < 4.78 is 16.7. The molecule has 0 bridgehead atoms. The Labute approximate surface area is 207 Å². The summed E-state index contributed by atoms with van der Waals surface area (Å²) in [7, 11) is 0. The maximum atomic E-state index is 13.6. The first-order chi connectivity index (χ1) is 16.6. The number of carbonyl (C=O) groups excluding carboxylic acids is 2. The highest BCUT2D eigenvalue weighted by atomic mass is 32.2. The number of rotatable bonds is 7. The lowest BCUT2D eigenvalue weighted by atomic mass is 9.72. The number of dihydropyridines is 1. The molecule has 178 valence electrons. The van der Waals surface area contributed by atoms with Crippen molar-refractivity contribution in [3.05, 3.63) is 68.7 Å². The zero-order valence-electron chi connectivity index (χ0n) is 19.2. The number of fused-ring (bicyclic) bond motifs is 1. The van der Waals surface area contributed by atoms with Crippen LogP contribution in [0.3, 0.4) is 0 Å². The minimum atomic E-state index is -0.506. The third-order valence-corrected chi connectivity index (χ3v) is 8.29. The highest BCUT2D eigenvalue weighted by Crippen LogP contribution is 2.47. The van der Waals surface area contributed by atoms with Crippen LogP contribution in [0.2, 0.25) is 0 Å². The predicted molar refractivity (Wildman–Crippen MR) is 133 cm³/mol. The smallest absolute Gasteiger partial charge is 0.336 e. The van der Waals surface area contributed by atoms with Crippen molar-refractivity contribution in [3.63, 3.8) is 0 Å². The van der Waals surface area contributed by atoms with Crippen LogP contribution >= 0.6 is 23.1 Å². The van der Waals surface area contributed by atoms with E-state index in [0.29, 0.717) is 35.7 Å². The first-order valence-electron chi connectivity index (χ1n) is 11.5. The van der Waals surface area contributed by atoms with Gasteiger partial charge in [-0.2, -0.15) is 11.8 Å². The summed E-state index contributed by atoms with van der Waals surface area (Å²) >= 11 is 3.40. The fourth-order valence-electron chi connectivity index (χ4n) is 4.88. The van der Waals surface area contributed by atoms with Crippen LogP contribution in [0.4, 0.5) is 0 Å². The molecule has 1 N–H and O–H groups in total. The molecular formula is C26H27NO5S2. The number of ether oxygens (including phenoxy) is 3. The van der Waals surface area contributed by atoms with Crippen molar-refractivity contribution in [2.75, 3.05) is 24.9 Å². The van der Waals surface area contributed by atoms with Gasteiger partial charge in [0, 0.05) is 45.9 Å². The second kappa shape index (κ2) is 9.88. The number of thiophene rings is 1. The monoisotopic (exact) mass is 497 g/mol. The third kappa shape index (κ3) is 4.36. The number of allylic oxidation sites excluding steroid dienone is 3. The number of carbonyl (C=O) groups is 2. The van der Waals surface area contributed by atoms with E-state index in [1.165, 1.54) is 4.88 Å². The van der Waals surface area contributed by atoms with Gasteiger partial charge in [-0.3, -0.25) is 4.79 Å². The van der Waals surface area contributed by atoms with Crippen LogP contribution in [-0.2, 0) is 14.3 Å². The Morgan fingerprint density at radius 3 is 2.88 bits per heavy atom. The lowest BCUT2D eigenvalue weighted by Crippen LogP contribution is -2.36. The molecule has 34 heavy (non-hydrogen) atoms. The van der Waals surface area contributed by atoms with Crippen LogP contribution < -0.4 is 14.8 Å². The average molecular weight is 498 g/mol. The predicted octanol–water partition coefficient (Wildman–Crippen LogP) is 5.13. The SMILES string of the molecule is CCSCCOC(=O)C1=C(C)NC2=C(C(=O)C[C@@H](c3cccs3)C2)[C@H]1c1ccc2c(c1)OCO2. The lowest BCUT2D eigenvalue weighted by molar-refractivity contribution is -0.138. The summed E-state index contributed by atoms with van der Waals surface area (Å²) in [5.74, 6) is 2.32. The molecule has 0 radical (unpaired) electrons. The zero-order valence-corrected chi connectivity index (χ0v) is 20.9. The summed E-state index contributed by atoms with van der Waals surface area (Å²) in [6, 6.07) is 9.76. The fourth-order valence-corrected chi connectivity index (χ4v) is 6.20. The van der Waals surface area contributed by atoms with Crippen molar-refractivity contribution in [1.29, 1.82) is 0 Å². The molecule has 8 heteroatoms. The van der Waals surface area contributed by atoms with Crippen molar-refractivity contribution in [3.8, 4) is 11.5 Å². The summed E-state index contributed by atoms with van der Waals surface area (Å²) in [6.07, 6.45) is 1.16. The van der Waals surface area contributed by atoms with Crippen LogP contribution in [0.25, 0.3) is 0 Å². The standard InChI is InChI=1S/C26H27NO5S2/c1-3-33-10-8-30-26(29)23-15(2)27-18-11-17(22-5-4-9-34-22)12-19(28)25(18)24(23)16-6-7-20-21(13-16)32-14-31-20/h4-7,9,13,17,24,27H,3,8,10-12,14H2,1-2H3/t17-,24-/m0/s1. The molecule has 0 saturated carbocycles. The van der Waals surface area contributed by atoms with Gasteiger partial charge < -0.3 is 19.5 Å². The maximum Gasteiger partial charge on any atom is 0.336 e. The van der Waals surface area contributed by atoms with Gasteiger partial charge in [0.05, 0.1) is 5.57 Å². The second-order valence-electron chi connectivity index (χ2n) is 8.48. The quantitative estimate of drug-likeness (QED) is 0.420. The number of nitrogens with one attached hydrogen (secondary N) is 1. The molecule has 1 aliphatic carbocycles. The van der Waals surface area contributed by atoms with Gasteiger partial charge in [0.15, 0.2) is 17.3 Å².